The number of ether oxygens (including phenoxy) is 2. The van der Waals surface area contributed by atoms with Crippen LogP contribution in [0.25, 0.3) is 6.08 Å². The Morgan fingerprint density at radius 3 is 2.57 bits per heavy atom. The van der Waals surface area contributed by atoms with Crippen LogP contribution in [-0.4, -0.2) is 31.6 Å². The molecule has 4 amide bonds. The fourth-order valence-corrected chi connectivity index (χ4v) is 2.63. The summed E-state index contributed by atoms with van der Waals surface area (Å²) in [5.74, 6) is 1.69. The second-order valence-corrected chi connectivity index (χ2v) is 5.69. The van der Waals surface area contributed by atoms with Gasteiger partial charge < -0.3 is 9.47 Å². The number of rotatable bonds is 5. The van der Waals surface area contributed by atoms with Crippen LogP contribution < -0.4 is 19.7 Å². The van der Waals surface area contributed by atoms with Gasteiger partial charge in [-0.05, 0) is 30.3 Å². The van der Waals surface area contributed by atoms with E-state index in [0.717, 1.165) is 4.90 Å². The monoisotopic (exact) mass is 376 g/mol. The van der Waals surface area contributed by atoms with Crippen LogP contribution in [0.1, 0.15) is 5.56 Å². The molecule has 0 unspecified atom stereocenters. The van der Waals surface area contributed by atoms with Crippen molar-refractivity contribution in [1.82, 2.24) is 5.32 Å². The van der Waals surface area contributed by atoms with E-state index in [9.17, 15) is 14.4 Å². The molecule has 0 aliphatic carbocycles. The van der Waals surface area contributed by atoms with E-state index in [2.05, 4.69) is 11.2 Å². The Balaban J connectivity index is 2.03. The van der Waals surface area contributed by atoms with Gasteiger partial charge in [0.25, 0.3) is 11.8 Å². The number of urea groups is 1. The average Bonchev–Trinajstić information content (AvgIpc) is 2.70. The normalized spacial score (nSPS) is 15.2. The largest absolute Gasteiger partial charge is 0.497 e. The van der Waals surface area contributed by atoms with Crippen molar-refractivity contribution >= 4 is 29.6 Å². The van der Waals surface area contributed by atoms with Crippen LogP contribution in [0.15, 0.2) is 54.1 Å². The second kappa shape index (κ2) is 8.10. The highest BCUT2D eigenvalue weighted by molar-refractivity contribution is 6.39. The number of hydrogen-bond donors (Lipinski definition) is 1. The molecular formula is C21H16N2O5. The summed E-state index contributed by atoms with van der Waals surface area (Å²) in [7, 11) is 1.50. The first-order valence-corrected chi connectivity index (χ1v) is 8.26. The van der Waals surface area contributed by atoms with Crippen LogP contribution >= 0.6 is 0 Å². The number of para-hydroxylation sites is 1. The number of carbonyl (C=O) groups is 3. The molecule has 1 aliphatic rings. The number of nitrogens with zero attached hydrogens (tertiary/aromatic N) is 1. The van der Waals surface area contributed by atoms with Gasteiger partial charge in [-0.25, -0.2) is 9.69 Å². The molecule has 28 heavy (non-hydrogen) atoms. The fraction of sp³-hybridized carbons (Fsp3) is 0.0952. The maximum atomic E-state index is 12.9. The van der Waals surface area contributed by atoms with Crippen molar-refractivity contribution in [2.45, 2.75) is 0 Å². The van der Waals surface area contributed by atoms with E-state index in [1.54, 1.807) is 48.5 Å². The first-order valence-electron chi connectivity index (χ1n) is 8.26. The number of nitrogens with one attached hydrogen (secondary N) is 1. The van der Waals surface area contributed by atoms with E-state index in [-0.39, 0.29) is 12.2 Å². The number of methoxy groups -OCH3 is 1. The molecule has 1 heterocycles. The lowest BCUT2D eigenvalue weighted by molar-refractivity contribution is -0.122. The summed E-state index contributed by atoms with van der Waals surface area (Å²) in [5, 5.41) is 2.17. The predicted octanol–water partition coefficient (Wildman–Crippen LogP) is 2.37. The molecule has 2 aromatic carbocycles. The number of anilines is 1. The van der Waals surface area contributed by atoms with Gasteiger partial charge in [-0.1, -0.05) is 24.1 Å². The van der Waals surface area contributed by atoms with E-state index in [1.807, 2.05) is 0 Å². The average molecular weight is 376 g/mol. The van der Waals surface area contributed by atoms with E-state index < -0.39 is 17.8 Å². The smallest absolute Gasteiger partial charge is 0.335 e. The van der Waals surface area contributed by atoms with Crippen LogP contribution in [0.2, 0.25) is 0 Å². The van der Waals surface area contributed by atoms with Crippen LogP contribution in [0.3, 0.4) is 0 Å². The molecule has 7 nitrogen and oxygen atoms in total. The number of terminal acetylenes is 1. The van der Waals surface area contributed by atoms with Crippen molar-refractivity contribution in [2.24, 2.45) is 0 Å². The molecule has 140 valence electrons. The third-order valence-electron chi connectivity index (χ3n) is 3.95. The van der Waals surface area contributed by atoms with Gasteiger partial charge in [0, 0.05) is 11.6 Å². The molecule has 0 radical (unpaired) electrons. The Morgan fingerprint density at radius 1 is 1.14 bits per heavy atom. The summed E-state index contributed by atoms with van der Waals surface area (Å²) in [6, 6.07) is 12.4. The summed E-state index contributed by atoms with van der Waals surface area (Å²) >= 11 is 0. The van der Waals surface area contributed by atoms with Crippen LogP contribution in [0.5, 0.6) is 11.5 Å². The molecule has 1 saturated heterocycles. The molecule has 1 aliphatic heterocycles. The fourth-order valence-electron chi connectivity index (χ4n) is 2.63. The Kier molecular flexibility index (Phi) is 5.42. The molecule has 0 spiro atoms. The van der Waals surface area contributed by atoms with Gasteiger partial charge >= 0.3 is 6.03 Å². The molecule has 7 heteroatoms. The molecular weight excluding hydrogens is 360 g/mol. The molecule has 0 bridgehead atoms. The highest BCUT2D eigenvalue weighted by Crippen LogP contribution is 2.28. The highest BCUT2D eigenvalue weighted by atomic mass is 16.5. The van der Waals surface area contributed by atoms with Gasteiger partial charge in [0.05, 0.1) is 12.8 Å². The van der Waals surface area contributed by atoms with Gasteiger partial charge in [0.1, 0.15) is 23.7 Å². The topological polar surface area (TPSA) is 84.9 Å². The van der Waals surface area contributed by atoms with Gasteiger partial charge in [-0.3, -0.25) is 14.9 Å². The van der Waals surface area contributed by atoms with Crippen molar-refractivity contribution in [3.63, 3.8) is 0 Å². The molecule has 1 fully saturated rings. The molecule has 0 atom stereocenters. The Morgan fingerprint density at radius 2 is 1.89 bits per heavy atom. The summed E-state index contributed by atoms with van der Waals surface area (Å²) in [5.41, 5.74) is 0.582. The zero-order chi connectivity index (χ0) is 20.1. The maximum Gasteiger partial charge on any atom is 0.335 e. The standard InChI is InChI=1S/C21H16N2O5/c1-3-11-28-18-13-16(27-2)10-9-14(18)12-17-19(24)22-21(26)23(20(17)25)15-7-5-4-6-8-15/h1,4-10,12-13H,11H2,2H3,(H,22,24,26)/b17-12+. The summed E-state index contributed by atoms with van der Waals surface area (Å²) in [4.78, 5) is 38.3. The Bertz CT molecular complexity index is 1010. The van der Waals surface area contributed by atoms with E-state index in [1.165, 1.54) is 13.2 Å². The number of amides is 4. The number of carbonyl (C=O) groups excluding carboxylic acids is 3. The van der Waals surface area contributed by atoms with Gasteiger partial charge in [0.2, 0.25) is 0 Å². The van der Waals surface area contributed by atoms with Crippen LogP contribution in [0, 0.1) is 12.3 Å². The molecule has 3 rings (SSSR count). The van der Waals surface area contributed by atoms with Crippen molar-refractivity contribution < 1.29 is 23.9 Å². The molecule has 0 aromatic heterocycles. The molecule has 1 N–H and O–H groups in total. The van der Waals surface area contributed by atoms with Crippen molar-refractivity contribution in [1.29, 1.82) is 0 Å². The number of barbiturate groups is 1. The Labute approximate surface area is 161 Å². The van der Waals surface area contributed by atoms with Crippen LogP contribution in [0.4, 0.5) is 10.5 Å². The maximum absolute atomic E-state index is 12.9. The van der Waals surface area contributed by atoms with Crippen molar-refractivity contribution in [2.75, 3.05) is 18.6 Å². The lowest BCUT2D eigenvalue weighted by Gasteiger charge is -2.26. The molecule has 2 aromatic rings. The quantitative estimate of drug-likeness (QED) is 0.492. The summed E-state index contributed by atoms with van der Waals surface area (Å²) in [6.45, 7) is -0.00187. The number of hydrogen-bond acceptors (Lipinski definition) is 5. The SMILES string of the molecule is C#CCOc1cc(OC)ccc1/C=C1\C(=O)NC(=O)N(c2ccccc2)C1=O. The van der Waals surface area contributed by atoms with Crippen molar-refractivity contribution in [3.8, 4) is 23.8 Å². The minimum absolute atomic E-state index is 0.00187. The van der Waals surface area contributed by atoms with Crippen LogP contribution in [-0.2, 0) is 9.59 Å². The Hall–Kier alpha value is -4.05. The zero-order valence-electron chi connectivity index (χ0n) is 15.0. The number of imide groups is 2. The highest BCUT2D eigenvalue weighted by Gasteiger charge is 2.36. The first-order chi connectivity index (χ1) is 13.5. The van der Waals surface area contributed by atoms with E-state index in [4.69, 9.17) is 15.9 Å². The third-order valence-corrected chi connectivity index (χ3v) is 3.95. The first kappa shape index (κ1) is 18.7. The second-order valence-electron chi connectivity index (χ2n) is 5.69. The number of benzene rings is 2. The predicted molar refractivity (Wildman–Crippen MR) is 103 cm³/mol. The minimum Gasteiger partial charge on any atom is -0.497 e. The zero-order valence-corrected chi connectivity index (χ0v) is 15.0. The lowest BCUT2D eigenvalue weighted by Crippen LogP contribution is -2.54. The minimum atomic E-state index is -0.808. The van der Waals surface area contributed by atoms with E-state index in [0.29, 0.717) is 22.7 Å². The van der Waals surface area contributed by atoms with Gasteiger partial charge in [-0.2, -0.15) is 0 Å². The van der Waals surface area contributed by atoms with Gasteiger partial charge in [-0.15, -0.1) is 6.42 Å². The third kappa shape index (κ3) is 3.71. The van der Waals surface area contributed by atoms with Gasteiger partial charge in [0.15, 0.2) is 0 Å². The van der Waals surface area contributed by atoms with E-state index >= 15 is 0 Å². The summed E-state index contributed by atoms with van der Waals surface area (Å²) < 4.78 is 10.6. The lowest BCUT2D eigenvalue weighted by atomic mass is 10.1. The summed E-state index contributed by atoms with van der Waals surface area (Å²) in [6.07, 6.45) is 6.59. The van der Waals surface area contributed by atoms with Crippen molar-refractivity contribution in [3.05, 3.63) is 59.7 Å². The molecule has 0 saturated carbocycles.